The van der Waals surface area contributed by atoms with Crippen LogP contribution in [-0.2, 0) is 0 Å². The zero-order valence-corrected chi connectivity index (χ0v) is 10.7. The SMILES string of the molecule is CCC(C)C(CC)c1ccc(O)c(OC)c1. The summed E-state index contributed by atoms with van der Waals surface area (Å²) in [6.07, 6.45) is 2.28. The number of methoxy groups -OCH3 is 1. The highest BCUT2D eigenvalue weighted by Gasteiger charge is 2.17. The molecule has 0 aromatic heterocycles. The lowest BCUT2D eigenvalue weighted by Crippen LogP contribution is -2.08. The largest absolute Gasteiger partial charge is 0.504 e. The van der Waals surface area contributed by atoms with Crippen LogP contribution in [0.4, 0.5) is 0 Å². The molecule has 0 aliphatic heterocycles. The van der Waals surface area contributed by atoms with Crippen molar-refractivity contribution in [1.29, 1.82) is 0 Å². The average molecular weight is 222 g/mol. The Labute approximate surface area is 98.3 Å². The van der Waals surface area contributed by atoms with E-state index in [9.17, 15) is 5.11 Å². The molecule has 0 aliphatic carbocycles. The number of aromatic hydroxyl groups is 1. The first kappa shape index (κ1) is 12.9. The molecule has 0 saturated heterocycles. The van der Waals surface area contributed by atoms with Crippen LogP contribution in [0.5, 0.6) is 11.5 Å². The Morgan fingerprint density at radius 1 is 1.25 bits per heavy atom. The minimum Gasteiger partial charge on any atom is -0.504 e. The zero-order valence-electron chi connectivity index (χ0n) is 10.7. The fraction of sp³-hybridized carbons (Fsp3) is 0.571. The molecule has 0 bridgehead atoms. The van der Waals surface area contributed by atoms with E-state index in [4.69, 9.17) is 4.74 Å². The molecule has 2 heteroatoms. The monoisotopic (exact) mass is 222 g/mol. The van der Waals surface area contributed by atoms with Crippen molar-refractivity contribution in [2.75, 3.05) is 7.11 Å². The van der Waals surface area contributed by atoms with E-state index in [2.05, 4.69) is 20.8 Å². The van der Waals surface area contributed by atoms with E-state index in [1.54, 1.807) is 13.2 Å². The predicted octanol–water partition coefficient (Wildman–Crippen LogP) is 3.94. The normalized spacial score (nSPS) is 14.5. The van der Waals surface area contributed by atoms with Crippen LogP contribution in [0.3, 0.4) is 0 Å². The van der Waals surface area contributed by atoms with Crippen LogP contribution in [0.1, 0.15) is 45.1 Å². The van der Waals surface area contributed by atoms with Crippen molar-refractivity contribution in [2.24, 2.45) is 5.92 Å². The van der Waals surface area contributed by atoms with Gasteiger partial charge in [0.1, 0.15) is 0 Å². The van der Waals surface area contributed by atoms with Gasteiger partial charge in [-0.2, -0.15) is 0 Å². The molecule has 1 aromatic carbocycles. The van der Waals surface area contributed by atoms with Gasteiger partial charge in [0.05, 0.1) is 7.11 Å². The van der Waals surface area contributed by atoms with Gasteiger partial charge < -0.3 is 9.84 Å². The molecule has 1 N–H and O–H groups in total. The van der Waals surface area contributed by atoms with Gasteiger partial charge >= 0.3 is 0 Å². The van der Waals surface area contributed by atoms with Crippen molar-refractivity contribution in [2.45, 2.75) is 39.5 Å². The average Bonchev–Trinajstić information content (AvgIpc) is 2.31. The van der Waals surface area contributed by atoms with Crippen LogP contribution in [-0.4, -0.2) is 12.2 Å². The third-order valence-electron chi connectivity index (χ3n) is 3.40. The summed E-state index contributed by atoms with van der Waals surface area (Å²) in [5.74, 6) is 1.98. The highest BCUT2D eigenvalue weighted by Crippen LogP contribution is 2.35. The van der Waals surface area contributed by atoms with Crippen molar-refractivity contribution in [3.8, 4) is 11.5 Å². The van der Waals surface area contributed by atoms with Crippen molar-refractivity contribution in [3.05, 3.63) is 23.8 Å². The highest BCUT2D eigenvalue weighted by atomic mass is 16.5. The van der Waals surface area contributed by atoms with Crippen molar-refractivity contribution >= 4 is 0 Å². The van der Waals surface area contributed by atoms with Crippen LogP contribution >= 0.6 is 0 Å². The maximum Gasteiger partial charge on any atom is 0.160 e. The number of rotatable bonds is 5. The first-order valence-corrected chi connectivity index (χ1v) is 6.00. The molecule has 1 aromatic rings. The Hall–Kier alpha value is -1.18. The summed E-state index contributed by atoms with van der Waals surface area (Å²) in [6, 6.07) is 5.67. The summed E-state index contributed by atoms with van der Waals surface area (Å²) in [5.41, 5.74) is 1.26. The quantitative estimate of drug-likeness (QED) is 0.817. The van der Waals surface area contributed by atoms with Gasteiger partial charge in [-0.15, -0.1) is 0 Å². The number of hydrogen-bond acceptors (Lipinski definition) is 2. The molecule has 0 amide bonds. The van der Waals surface area contributed by atoms with E-state index >= 15 is 0 Å². The first-order chi connectivity index (χ1) is 7.63. The number of hydrogen-bond donors (Lipinski definition) is 1. The molecule has 16 heavy (non-hydrogen) atoms. The van der Waals surface area contributed by atoms with Gasteiger partial charge in [0.15, 0.2) is 11.5 Å². The second-order valence-corrected chi connectivity index (χ2v) is 4.33. The Bertz CT molecular complexity index is 334. The Balaban J connectivity index is 3.01. The lowest BCUT2D eigenvalue weighted by molar-refractivity contribution is 0.370. The smallest absolute Gasteiger partial charge is 0.160 e. The lowest BCUT2D eigenvalue weighted by Gasteiger charge is -2.22. The topological polar surface area (TPSA) is 29.5 Å². The van der Waals surface area contributed by atoms with Gasteiger partial charge in [-0.25, -0.2) is 0 Å². The van der Waals surface area contributed by atoms with Gasteiger partial charge in [0, 0.05) is 0 Å². The summed E-state index contributed by atoms with van der Waals surface area (Å²) < 4.78 is 5.14. The van der Waals surface area contributed by atoms with Gasteiger partial charge in [-0.05, 0) is 36.0 Å². The number of ether oxygens (including phenoxy) is 1. The molecule has 0 spiro atoms. The molecule has 2 unspecified atom stereocenters. The summed E-state index contributed by atoms with van der Waals surface area (Å²) in [7, 11) is 1.59. The summed E-state index contributed by atoms with van der Waals surface area (Å²) in [5, 5.41) is 9.56. The molecule has 2 atom stereocenters. The molecular weight excluding hydrogens is 200 g/mol. The molecule has 90 valence electrons. The Kier molecular flexibility index (Phi) is 4.66. The molecule has 1 rings (SSSR count). The summed E-state index contributed by atoms with van der Waals surface area (Å²) in [4.78, 5) is 0. The van der Waals surface area contributed by atoms with E-state index in [1.165, 1.54) is 12.0 Å². The second kappa shape index (κ2) is 5.78. The predicted molar refractivity (Wildman–Crippen MR) is 67.1 cm³/mol. The van der Waals surface area contributed by atoms with Crippen molar-refractivity contribution < 1.29 is 9.84 Å². The van der Waals surface area contributed by atoms with Gasteiger partial charge in [0.25, 0.3) is 0 Å². The van der Waals surface area contributed by atoms with Gasteiger partial charge in [0.2, 0.25) is 0 Å². The number of phenolic OH excluding ortho intramolecular Hbond substituents is 1. The fourth-order valence-electron chi connectivity index (χ4n) is 2.18. The molecule has 0 saturated carbocycles. The van der Waals surface area contributed by atoms with Crippen LogP contribution in [0.25, 0.3) is 0 Å². The minimum atomic E-state index is 0.213. The third-order valence-corrected chi connectivity index (χ3v) is 3.40. The first-order valence-electron chi connectivity index (χ1n) is 6.00. The molecule has 0 fully saturated rings. The molecule has 0 heterocycles. The maximum absolute atomic E-state index is 9.56. The van der Waals surface area contributed by atoms with Crippen LogP contribution in [0.15, 0.2) is 18.2 Å². The van der Waals surface area contributed by atoms with Crippen LogP contribution in [0.2, 0.25) is 0 Å². The maximum atomic E-state index is 9.56. The van der Waals surface area contributed by atoms with E-state index in [0.717, 1.165) is 6.42 Å². The van der Waals surface area contributed by atoms with Gasteiger partial charge in [-0.1, -0.05) is 33.3 Å². The molecule has 0 aliphatic rings. The molecular formula is C14H22O2. The highest BCUT2D eigenvalue weighted by molar-refractivity contribution is 5.42. The van der Waals surface area contributed by atoms with Crippen molar-refractivity contribution in [3.63, 3.8) is 0 Å². The van der Waals surface area contributed by atoms with E-state index in [1.807, 2.05) is 12.1 Å². The third kappa shape index (κ3) is 2.69. The second-order valence-electron chi connectivity index (χ2n) is 4.33. The molecule has 2 nitrogen and oxygen atoms in total. The van der Waals surface area contributed by atoms with Crippen LogP contribution < -0.4 is 4.74 Å². The number of phenols is 1. The Morgan fingerprint density at radius 3 is 2.44 bits per heavy atom. The summed E-state index contributed by atoms with van der Waals surface area (Å²) in [6.45, 7) is 6.69. The summed E-state index contributed by atoms with van der Waals surface area (Å²) >= 11 is 0. The van der Waals surface area contributed by atoms with E-state index in [-0.39, 0.29) is 5.75 Å². The van der Waals surface area contributed by atoms with Gasteiger partial charge in [-0.3, -0.25) is 0 Å². The zero-order chi connectivity index (χ0) is 12.1. The number of benzene rings is 1. The fourth-order valence-corrected chi connectivity index (χ4v) is 2.18. The van der Waals surface area contributed by atoms with E-state index in [0.29, 0.717) is 17.6 Å². The minimum absolute atomic E-state index is 0.213. The Morgan fingerprint density at radius 2 is 1.94 bits per heavy atom. The van der Waals surface area contributed by atoms with E-state index < -0.39 is 0 Å². The standard InChI is InChI=1S/C14H22O2/c1-5-10(3)12(6-2)11-7-8-13(15)14(9-11)16-4/h7-10,12,15H,5-6H2,1-4H3. The van der Waals surface area contributed by atoms with Crippen LogP contribution in [0, 0.1) is 5.92 Å². The lowest BCUT2D eigenvalue weighted by atomic mass is 9.83. The molecule has 0 radical (unpaired) electrons. The van der Waals surface area contributed by atoms with Crippen molar-refractivity contribution in [1.82, 2.24) is 0 Å².